The molecule has 3 unspecified atom stereocenters. The first-order valence-corrected chi connectivity index (χ1v) is 20.9. The second-order valence-electron chi connectivity index (χ2n) is 17.4. The lowest BCUT2D eigenvalue weighted by atomic mass is 9.79. The molecule has 0 saturated carbocycles. The minimum atomic E-state index is 0.0803. The molecule has 53 heavy (non-hydrogen) atoms. The predicted octanol–water partition coefficient (Wildman–Crippen LogP) is 11.0. The highest BCUT2D eigenvalue weighted by atomic mass is 15.0. The van der Waals surface area contributed by atoms with E-state index in [-0.39, 0.29) is 5.41 Å². The summed E-state index contributed by atoms with van der Waals surface area (Å²) in [5.41, 5.74) is 20.0. The molecule has 0 radical (unpaired) electrons. The van der Waals surface area contributed by atoms with Gasteiger partial charge in [-0.1, -0.05) is 117 Å². The number of fused-ring (bicyclic) bond motifs is 8. The van der Waals surface area contributed by atoms with E-state index in [1.807, 2.05) is 0 Å². The van der Waals surface area contributed by atoms with E-state index in [1.165, 1.54) is 87.5 Å². The number of rotatable bonds is 4. The molecule has 8 aliphatic rings. The first kappa shape index (κ1) is 31.9. The highest BCUT2D eigenvalue weighted by Crippen LogP contribution is 2.52. The van der Waals surface area contributed by atoms with Crippen molar-refractivity contribution in [3.63, 3.8) is 0 Å². The monoisotopic (exact) mass is 692 g/mol. The third-order valence-electron chi connectivity index (χ3n) is 14.2. The van der Waals surface area contributed by atoms with Crippen molar-refractivity contribution in [1.82, 2.24) is 9.13 Å². The maximum absolute atomic E-state index is 2.79. The fourth-order valence-electron chi connectivity index (χ4n) is 11.6. The van der Waals surface area contributed by atoms with Crippen molar-refractivity contribution in [3.8, 4) is 0 Å². The van der Waals surface area contributed by atoms with E-state index in [0.717, 1.165) is 51.4 Å². The van der Waals surface area contributed by atoms with Gasteiger partial charge in [0, 0.05) is 61.7 Å². The van der Waals surface area contributed by atoms with Gasteiger partial charge in [-0.25, -0.2) is 0 Å². The summed E-state index contributed by atoms with van der Waals surface area (Å²) in [6, 6.07) is 9.55. The van der Waals surface area contributed by atoms with Crippen molar-refractivity contribution in [3.05, 3.63) is 145 Å². The molecule has 3 atom stereocenters. The van der Waals surface area contributed by atoms with E-state index in [1.54, 1.807) is 28.1 Å². The highest BCUT2D eigenvalue weighted by molar-refractivity contribution is 5.84. The summed E-state index contributed by atoms with van der Waals surface area (Å²) < 4.78 is 5.42. The predicted molar refractivity (Wildman–Crippen MR) is 223 cm³/mol. The van der Waals surface area contributed by atoms with Crippen molar-refractivity contribution >= 4 is 41.7 Å². The molecule has 2 heteroatoms. The highest BCUT2D eigenvalue weighted by Gasteiger charge is 2.39. The molecular formula is C51H52N2. The first-order valence-electron chi connectivity index (χ1n) is 20.9. The van der Waals surface area contributed by atoms with Crippen LogP contribution in [0.2, 0.25) is 0 Å². The summed E-state index contributed by atoms with van der Waals surface area (Å²) in [5, 5.41) is 2.99. The van der Waals surface area contributed by atoms with Crippen LogP contribution in [-0.4, -0.2) is 9.13 Å². The maximum atomic E-state index is 2.79. The molecule has 2 heterocycles. The van der Waals surface area contributed by atoms with Gasteiger partial charge in [0.15, 0.2) is 0 Å². The molecule has 2 aromatic heterocycles. The van der Waals surface area contributed by atoms with Crippen molar-refractivity contribution < 1.29 is 0 Å². The van der Waals surface area contributed by atoms with E-state index in [0.29, 0.717) is 17.9 Å². The van der Waals surface area contributed by atoms with Gasteiger partial charge < -0.3 is 9.13 Å². The molecule has 0 aliphatic heterocycles. The molecule has 1 aromatic carbocycles. The number of hydrogen-bond acceptors (Lipinski definition) is 0. The summed E-state index contributed by atoms with van der Waals surface area (Å²) in [5.74, 6) is 0.971. The fourth-order valence-corrected chi connectivity index (χ4v) is 11.6. The van der Waals surface area contributed by atoms with Gasteiger partial charge in [-0.3, -0.25) is 0 Å². The zero-order valence-corrected chi connectivity index (χ0v) is 31.6. The lowest BCUT2D eigenvalue weighted by Crippen LogP contribution is -2.34. The molecule has 266 valence electrons. The Balaban J connectivity index is 0.877. The van der Waals surface area contributed by atoms with Crippen LogP contribution in [0.5, 0.6) is 0 Å². The Labute approximate surface area is 315 Å². The molecule has 2 nitrogen and oxygen atoms in total. The molecule has 0 amide bonds. The quantitative estimate of drug-likeness (QED) is 0.258. The van der Waals surface area contributed by atoms with Crippen molar-refractivity contribution in [1.29, 1.82) is 0 Å². The molecule has 0 fully saturated rings. The average molecular weight is 693 g/mol. The van der Waals surface area contributed by atoms with Gasteiger partial charge in [-0.05, 0) is 123 Å². The molecule has 3 aromatic rings. The third kappa shape index (κ3) is 4.90. The molecule has 0 bridgehead atoms. The van der Waals surface area contributed by atoms with Crippen LogP contribution in [0.1, 0.15) is 129 Å². The van der Waals surface area contributed by atoms with Crippen LogP contribution in [0.3, 0.4) is 0 Å². The third-order valence-corrected chi connectivity index (χ3v) is 14.2. The molecule has 11 rings (SSSR count). The molecule has 8 aliphatic carbocycles. The van der Waals surface area contributed by atoms with E-state index in [4.69, 9.17) is 0 Å². The van der Waals surface area contributed by atoms with Crippen molar-refractivity contribution in [2.75, 3.05) is 0 Å². The Morgan fingerprint density at radius 3 is 2.49 bits per heavy atom. The van der Waals surface area contributed by atoms with Crippen LogP contribution in [0.25, 0.3) is 41.7 Å². The van der Waals surface area contributed by atoms with Crippen LogP contribution in [0.15, 0.2) is 89.6 Å². The van der Waals surface area contributed by atoms with E-state index < -0.39 is 0 Å². The Morgan fingerprint density at radius 2 is 1.60 bits per heavy atom. The lowest BCUT2D eigenvalue weighted by molar-refractivity contribution is 0.550. The second-order valence-corrected chi connectivity index (χ2v) is 17.4. The van der Waals surface area contributed by atoms with Gasteiger partial charge in [0.25, 0.3) is 0 Å². The molecule has 0 spiro atoms. The van der Waals surface area contributed by atoms with Crippen LogP contribution >= 0.6 is 0 Å². The number of hydrogen-bond donors (Lipinski definition) is 0. The Hall–Kier alpha value is -4.56. The molecular weight excluding hydrogens is 641 g/mol. The smallest absolute Gasteiger partial charge is 0.0560 e. The van der Waals surface area contributed by atoms with Gasteiger partial charge in [-0.15, -0.1) is 0 Å². The Morgan fingerprint density at radius 1 is 0.736 bits per heavy atom. The fraction of sp³-hybridized carbons (Fsp3) is 0.373. The summed E-state index contributed by atoms with van der Waals surface area (Å²) in [7, 11) is 0. The van der Waals surface area contributed by atoms with E-state index >= 15 is 0 Å². The first-order chi connectivity index (χ1) is 26.0. The van der Waals surface area contributed by atoms with Gasteiger partial charge >= 0.3 is 0 Å². The zero-order valence-electron chi connectivity index (χ0n) is 31.6. The summed E-state index contributed by atoms with van der Waals surface area (Å²) in [6.07, 6.45) is 48.0. The number of nitrogens with zero attached hydrogens (tertiary/aromatic N) is 2. The van der Waals surface area contributed by atoms with Crippen molar-refractivity contribution in [2.45, 2.75) is 109 Å². The van der Waals surface area contributed by atoms with Gasteiger partial charge in [-0.2, -0.15) is 0 Å². The van der Waals surface area contributed by atoms with Gasteiger partial charge in [0.05, 0.1) is 6.04 Å². The van der Waals surface area contributed by atoms with E-state index in [2.05, 4.69) is 126 Å². The molecule has 0 saturated heterocycles. The number of benzene rings is 1. The van der Waals surface area contributed by atoms with Crippen LogP contribution in [0.4, 0.5) is 0 Å². The summed E-state index contributed by atoms with van der Waals surface area (Å²) in [6.45, 7) is 4.82. The Bertz CT molecular complexity index is 2460. The lowest BCUT2D eigenvalue weighted by Gasteiger charge is -2.30. The second kappa shape index (κ2) is 12.2. The SMILES string of the molecule is CC1(C)C2=C(CC(n3c4c(c5c3CCC(C3C=CC(C6C=c7c8c(n(C9=CCCCC9)c7=CC6)C=CCC8)=CC3)=C5)C=CCC4)C=C2)c2ccccc21. The van der Waals surface area contributed by atoms with Gasteiger partial charge in [0.2, 0.25) is 0 Å². The van der Waals surface area contributed by atoms with Crippen LogP contribution in [-0.2, 0) is 24.7 Å². The van der Waals surface area contributed by atoms with Gasteiger partial charge in [0.1, 0.15) is 0 Å². The van der Waals surface area contributed by atoms with Crippen molar-refractivity contribution in [2.24, 2.45) is 11.8 Å². The normalized spacial score (nSPS) is 25.9. The molecule has 0 N–H and O–H groups in total. The standard InChI is InChI=1S/C51H52N2/c1-51(2)45-17-9-6-14-39(45)42-32-38(26-27-46(42)51)53-48-19-11-8-16-41(48)44-31-36(25-29-50(44)53)34-22-20-33(21-23-34)35-24-28-49-43(30-35)40-15-7-10-18-47(40)52(49)37-12-4-3-5-13-37/h6,8-10,12,14,16-18,20-22,26-28,30-31,34-35,38H,3-5,7,11,13,15,19,23-25,29,32H2,1-2H3. The number of aromatic nitrogens is 2. The summed E-state index contributed by atoms with van der Waals surface area (Å²) in [4.78, 5) is 0. The van der Waals surface area contributed by atoms with Crippen LogP contribution < -0.4 is 10.6 Å². The summed E-state index contributed by atoms with van der Waals surface area (Å²) >= 11 is 0. The maximum Gasteiger partial charge on any atom is 0.0560 e. The Kier molecular flexibility index (Phi) is 7.37. The minimum absolute atomic E-state index is 0.0803. The van der Waals surface area contributed by atoms with E-state index in [9.17, 15) is 0 Å². The average Bonchev–Trinajstić information content (AvgIpc) is 3.81. The largest absolute Gasteiger partial charge is 0.340 e. The minimum Gasteiger partial charge on any atom is -0.340 e. The van der Waals surface area contributed by atoms with Crippen LogP contribution in [0, 0.1) is 11.8 Å². The topological polar surface area (TPSA) is 9.86 Å². The number of allylic oxidation sites excluding steroid dienone is 13. The zero-order chi connectivity index (χ0) is 35.3.